The smallest absolute Gasteiger partial charge is 0.113 e. The first-order chi connectivity index (χ1) is 9.81. The van der Waals surface area contributed by atoms with Crippen molar-refractivity contribution in [2.24, 2.45) is 11.8 Å². The van der Waals surface area contributed by atoms with Crippen LogP contribution in [0.25, 0.3) is 0 Å². The average molecular weight is 307 g/mol. The first-order valence-corrected chi connectivity index (χ1v) is 9.43. The molecule has 2 fully saturated rings. The number of nitrogens with zero attached hydrogens (tertiary/aromatic N) is 1. The highest BCUT2D eigenvalue weighted by Gasteiger charge is 2.46. The fourth-order valence-electron chi connectivity index (χ4n) is 3.65. The molecule has 0 bridgehead atoms. The lowest BCUT2D eigenvalue weighted by atomic mass is 9.70. The van der Waals surface area contributed by atoms with Gasteiger partial charge in [0, 0.05) is 16.8 Å². The van der Waals surface area contributed by atoms with E-state index in [0.717, 1.165) is 12.0 Å². The van der Waals surface area contributed by atoms with Gasteiger partial charge in [0.05, 0.1) is 11.2 Å². The highest BCUT2D eigenvalue weighted by molar-refractivity contribution is 7.09. The van der Waals surface area contributed by atoms with Gasteiger partial charge in [0.15, 0.2) is 0 Å². The lowest BCUT2D eigenvalue weighted by Gasteiger charge is -2.44. The fraction of sp³-hybridized carbons (Fsp3) is 0.833. The van der Waals surface area contributed by atoms with Crippen molar-refractivity contribution in [3.63, 3.8) is 0 Å². The lowest BCUT2D eigenvalue weighted by Crippen LogP contribution is -2.51. The molecule has 0 radical (unpaired) electrons. The third-order valence-corrected chi connectivity index (χ3v) is 6.34. The summed E-state index contributed by atoms with van der Waals surface area (Å²) >= 11 is 1.88. The molecule has 0 aromatic carbocycles. The van der Waals surface area contributed by atoms with Crippen LogP contribution in [0.3, 0.4) is 0 Å². The molecular formula is C18H30N2S. The van der Waals surface area contributed by atoms with E-state index in [0.29, 0.717) is 5.92 Å². The zero-order valence-corrected chi connectivity index (χ0v) is 15.0. The van der Waals surface area contributed by atoms with Crippen molar-refractivity contribution in [1.82, 2.24) is 10.3 Å². The van der Waals surface area contributed by atoms with Crippen molar-refractivity contribution in [3.05, 3.63) is 16.1 Å². The SMILES string of the molecule is CC1CCC(NC2CC2)(c2nc(C(C)(C)C)cs2)C(C)C1. The van der Waals surface area contributed by atoms with E-state index in [1.807, 2.05) is 11.3 Å². The fourth-order valence-corrected chi connectivity index (χ4v) is 5.01. The first-order valence-electron chi connectivity index (χ1n) is 8.55. The summed E-state index contributed by atoms with van der Waals surface area (Å²) in [6.45, 7) is 11.6. The quantitative estimate of drug-likeness (QED) is 0.864. The van der Waals surface area contributed by atoms with E-state index in [9.17, 15) is 0 Å². The van der Waals surface area contributed by atoms with Gasteiger partial charge >= 0.3 is 0 Å². The van der Waals surface area contributed by atoms with Crippen molar-refractivity contribution in [3.8, 4) is 0 Å². The average Bonchev–Trinajstić information content (AvgIpc) is 3.03. The second-order valence-electron chi connectivity index (χ2n) is 8.46. The third kappa shape index (κ3) is 3.05. The number of nitrogens with one attached hydrogen (secondary N) is 1. The Morgan fingerprint density at radius 3 is 2.48 bits per heavy atom. The van der Waals surface area contributed by atoms with Crippen LogP contribution in [0, 0.1) is 11.8 Å². The summed E-state index contributed by atoms with van der Waals surface area (Å²) in [6.07, 6.45) is 6.60. The van der Waals surface area contributed by atoms with E-state index in [1.54, 1.807) is 0 Å². The highest BCUT2D eigenvalue weighted by atomic mass is 32.1. The molecule has 3 heteroatoms. The summed E-state index contributed by atoms with van der Waals surface area (Å²) in [5.41, 5.74) is 1.55. The molecule has 2 aliphatic rings. The topological polar surface area (TPSA) is 24.9 Å². The first kappa shape index (κ1) is 15.5. The number of thiazole rings is 1. The molecule has 0 spiro atoms. The van der Waals surface area contributed by atoms with Gasteiger partial charge in [-0.15, -0.1) is 11.3 Å². The van der Waals surface area contributed by atoms with Crippen LogP contribution >= 0.6 is 11.3 Å². The monoisotopic (exact) mass is 306 g/mol. The van der Waals surface area contributed by atoms with Crippen molar-refractivity contribution >= 4 is 11.3 Å². The number of aromatic nitrogens is 1. The van der Waals surface area contributed by atoms with Gasteiger partial charge < -0.3 is 5.32 Å². The summed E-state index contributed by atoms with van der Waals surface area (Å²) in [7, 11) is 0. The normalized spacial score (nSPS) is 34.1. The second kappa shape index (κ2) is 5.34. The zero-order valence-electron chi connectivity index (χ0n) is 14.2. The standard InChI is InChI=1S/C18H30N2S/c1-12-8-9-18(13(2)10-12,20-14-6-7-14)16-19-15(11-21-16)17(3,4)5/h11-14,20H,6-10H2,1-5H3. The van der Waals surface area contributed by atoms with Gasteiger partial charge in [-0.2, -0.15) is 0 Å². The van der Waals surface area contributed by atoms with Gasteiger partial charge in [-0.3, -0.25) is 0 Å². The van der Waals surface area contributed by atoms with Crippen LogP contribution in [0.5, 0.6) is 0 Å². The Labute approximate surface area is 133 Å². The van der Waals surface area contributed by atoms with Crippen molar-refractivity contribution in [2.75, 3.05) is 0 Å². The van der Waals surface area contributed by atoms with Crippen LogP contribution in [0.15, 0.2) is 5.38 Å². The maximum Gasteiger partial charge on any atom is 0.113 e. The van der Waals surface area contributed by atoms with Gasteiger partial charge in [-0.05, 0) is 43.9 Å². The molecule has 0 aliphatic heterocycles. The number of hydrogen-bond acceptors (Lipinski definition) is 3. The largest absolute Gasteiger partial charge is 0.302 e. The van der Waals surface area contributed by atoms with Crippen LogP contribution in [0.4, 0.5) is 0 Å². The van der Waals surface area contributed by atoms with Crippen molar-refractivity contribution < 1.29 is 0 Å². The van der Waals surface area contributed by atoms with Gasteiger partial charge in [-0.25, -0.2) is 4.98 Å². The Morgan fingerprint density at radius 2 is 1.95 bits per heavy atom. The molecule has 1 aromatic rings. The van der Waals surface area contributed by atoms with Crippen LogP contribution in [-0.2, 0) is 11.0 Å². The molecule has 2 saturated carbocycles. The second-order valence-corrected chi connectivity index (χ2v) is 9.32. The Kier molecular flexibility index (Phi) is 3.94. The molecule has 3 atom stereocenters. The molecule has 1 aromatic heterocycles. The minimum atomic E-state index is 0.141. The highest BCUT2D eigenvalue weighted by Crippen LogP contribution is 2.47. The molecule has 3 unspecified atom stereocenters. The van der Waals surface area contributed by atoms with E-state index in [1.165, 1.54) is 42.8 Å². The molecular weight excluding hydrogens is 276 g/mol. The van der Waals surface area contributed by atoms with Crippen LogP contribution in [0.2, 0.25) is 0 Å². The van der Waals surface area contributed by atoms with Gasteiger partial charge in [0.2, 0.25) is 0 Å². The molecule has 118 valence electrons. The Bertz CT molecular complexity index is 498. The van der Waals surface area contributed by atoms with Gasteiger partial charge in [-0.1, -0.05) is 34.6 Å². The lowest BCUT2D eigenvalue weighted by molar-refractivity contribution is 0.119. The summed E-state index contributed by atoms with van der Waals surface area (Å²) in [4.78, 5) is 5.09. The van der Waals surface area contributed by atoms with Crippen molar-refractivity contribution in [1.29, 1.82) is 0 Å². The van der Waals surface area contributed by atoms with E-state index < -0.39 is 0 Å². The Morgan fingerprint density at radius 1 is 1.24 bits per heavy atom. The molecule has 21 heavy (non-hydrogen) atoms. The molecule has 1 heterocycles. The predicted octanol–water partition coefficient (Wildman–Crippen LogP) is 4.84. The van der Waals surface area contributed by atoms with E-state index in [2.05, 4.69) is 45.3 Å². The van der Waals surface area contributed by atoms with Crippen LogP contribution in [-0.4, -0.2) is 11.0 Å². The maximum absolute atomic E-state index is 5.09. The number of hydrogen-bond donors (Lipinski definition) is 1. The molecule has 1 N–H and O–H groups in total. The molecule has 3 rings (SSSR count). The summed E-state index contributed by atoms with van der Waals surface area (Å²) in [5.74, 6) is 1.54. The maximum atomic E-state index is 5.09. The minimum Gasteiger partial charge on any atom is -0.302 e. The van der Waals surface area contributed by atoms with E-state index in [-0.39, 0.29) is 11.0 Å². The predicted molar refractivity (Wildman–Crippen MR) is 90.8 cm³/mol. The number of rotatable bonds is 3. The van der Waals surface area contributed by atoms with Gasteiger partial charge in [0.25, 0.3) is 0 Å². The summed E-state index contributed by atoms with van der Waals surface area (Å²) in [5, 5.41) is 7.64. The van der Waals surface area contributed by atoms with Crippen LogP contribution in [0.1, 0.15) is 77.4 Å². The van der Waals surface area contributed by atoms with E-state index >= 15 is 0 Å². The van der Waals surface area contributed by atoms with Gasteiger partial charge in [0.1, 0.15) is 5.01 Å². The Hall–Kier alpha value is -0.410. The molecule has 2 aliphatic carbocycles. The Balaban J connectivity index is 1.93. The molecule has 0 amide bonds. The van der Waals surface area contributed by atoms with E-state index in [4.69, 9.17) is 4.98 Å². The van der Waals surface area contributed by atoms with Crippen molar-refractivity contribution in [2.45, 2.75) is 83.7 Å². The summed E-state index contributed by atoms with van der Waals surface area (Å²) < 4.78 is 0. The third-order valence-electron chi connectivity index (χ3n) is 5.32. The zero-order chi connectivity index (χ0) is 15.3. The summed E-state index contributed by atoms with van der Waals surface area (Å²) in [6, 6.07) is 0.739. The minimum absolute atomic E-state index is 0.141. The molecule has 0 saturated heterocycles. The van der Waals surface area contributed by atoms with Crippen LogP contribution < -0.4 is 5.32 Å². The molecule has 2 nitrogen and oxygen atoms in total.